The predicted molar refractivity (Wildman–Crippen MR) is 85.8 cm³/mol. The summed E-state index contributed by atoms with van der Waals surface area (Å²) in [6, 6.07) is 6.90. The lowest BCUT2D eigenvalue weighted by Gasteiger charge is -2.33. The Kier molecular flexibility index (Phi) is 6.09. The molecule has 0 atom stereocenters. The van der Waals surface area contributed by atoms with Crippen LogP contribution in [0.4, 0.5) is 0 Å². The van der Waals surface area contributed by atoms with Gasteiger partial charge >= 0.3 is 7.12 Å². The maximum absolute atomic E-state index is 9.03. The zero-order valence-electron chi connectivity index (χ0n) is 13.0. The minimum absolute atomic E-state index is 0.484. The van der Waals surface area contributed by atoms with Crippen molar-refractivity contribution in [1.82, 2.24) is 4.90 Å². The predicted octanol–water partition coefficient (Wildman–Crippen LogP) is 1.11. The summed E-state index contributed by atoms with van der Waals surface area (Å²) in [5, 5.41) is 18.1. The number of hydrogen-bond acceptors (Lipinski definition) is 4. The highest BCUT2D eigenvalue weighted by atomic mass is 16.5. The molecule has 21 heavy (non-hydrogen) atoms. The second-order valence-corrected chi connectivity index (χ2v) is 6.21. The first-order valence-electron chi connectivity index (χ1n) is 7.87. The van der Waals surface area contributed by atoms with Crippen molar-refractivity contribution < 1.29 is 14.8 Å². The molecule has 0 bridgehead atoms. The van der Waals surface area contributed by atoms with Gasteiger partial charge in [0.05, 0.1) is 0 Å². The third-order valence-electron chi connectivity index (χ3n) is 4.43. The minimum atomic E-state index is -1.42. The van der Waals surface area contributed by atoms with Crippen LogP contribution in [0.25, 0.3) is 0 Å². The van der Waals surface area contributed by atoms with Gasteiger partial charge in [-0.2, -0.15) is 0 Å². The maximum Gasteiger partial charge on any atom is 0.488 e. The molecule has 1 aliphatic heterocycles. The lowest BCUT2D eigenvalue weighted by atomic mass is 9.80. The lowest BCUT2D eigenvalue weighted by molar-refractivity contribution is 0.137. The fourth-order valence-corrected chi connectivity index (χ4v) is 2.87. The third kappa shape index (κ3) is 5.02. The Morgan fingerprint density at radius 3 is 2.33 bits per heavy atom. The topological polar surface area (TPSA) is 52.9 Å². The molecule has 2 rings (SSSR count). The van der Waals surface area contributed by atoms with E-state index < -0.39 is 7.12 Å². The summed E-state index contributed by atoms with van der Waals surface area (Å²) in [6.07, 6.45) is 2.58. The van der Waals surface area contributed by atoms with E-state index in [9.17, 15) is 0 Å². The van der Waals surface area contributed by atoms with Gasteiger partial charge in [0.25, 0.3) is 0 Å². The van der Waals surface area contributed by atoms with E-state index in [-0.39, 0.29) is 0 Å². The summed E-state index contributed by atoms with van der Waals surface area (Å²) in [6.45, 7) is 8.60. The van der Waals surface area contributed by atoms with Crippen LogP contribution in [0, 0.1) is 11.8 Å². The first-order valence-corrected chi connectivity index (χ1v) is 7.87. The molecule has 0 radical (unpaired) electrons. The normalized spacial score (nSPS) is 17.2. The molecular weight excluding hydrogens is 265 g/mol. The zero-order valence-corrected chi connectivity index (χ0v) is 13.0. The fraction of sp³-hybridized carbons (Fsp3) is 0.625. The second kappa shape index (κ2) is 7.83. The number of nitrogens with zero attached hydrogens (tertiary/aromatic N) is 1. The van der Waals surface area contributed by atoms with Crippen LogP contribution in [0.1, 0.15) is 26.7 Å². The Hall–Kier alpha value is -1.04. The molecule has 0 unspecified atom stereocenters. The van der Waals surface area contributed by atoms with Crippen molar-refractivity contribution in [1.29, 1.82) is 0 Å². The van der Waals surface area contributed by atoms with Crippen LogP contribution in [0.15, 0.2) is 24.3 Å². The van der Waals surface area contributed by atoms with Crippen molar-refractivity contribution in [3.63, 3.8) is 0 Å². The van der Waals surface area contributed by atoms with E-state index in [4.69, 9.17) is 14.8 Å². The highest BCUT2D eigenvalue weighted by Crippen LogP contribution is 2.24. The molecule has 1 aromatic carbocycles. The number of rotatable bonds is 6. The SMILES string of the molecule is CC(C)C1CCN(CCOc2ccc(B(O)O)cc2)CC1. The largest absolute Gasteiger partial charge is 0.492 e. The molecular formula is C16H26BNO3. The van der Waals surface area contributed by atoms with Gasteiger partial charge in [0.2, 0.25) is 0 Å². The number of piperidine rings is 1. The third-order valence-corrected chi connectivity index (χ3v) is 4.43. The van der Waals surface area contributed by atoms with Gasteiger partial charge in [-0.25, -0.2) is 0 Å². The number of benzene rings is 1. The molecule has 0 amide bonds. The average molecular weight is 291 g/mol. The summed E-state index contributed by atoms with van der Waals surface area (Å²) in [7, 11) is -1.42. The molecule has 1 saturated heterocycles. The molecule has 0 saturated carbocycles. The van der Waals surface area contributed by atoms with E-state index in [1.54, 1.807) is 24.3 Å². The summed E-state index contributed by atoms with van der Waals surface area (Å²) in [5.74, 6) is 2.44. The van der Waals surface area contributed by atoms with Gasteiger partial charge in [-0.05, 0) is 55.4 Å². The van der Waals surface area contributed by atoms with Gasteiger partial charge < -0.3 is 14.8 Å². The quantitative estimate of drug-likeness (QED) is 0.771. The number of likely N-dealkylation sites (tertiary alicyclic amines) is 1. The Morgan fingerprint density at radius 1 is 1.19 bits per heavy atom. The van der Waals surface area contributed by atoms with Crippen molar-refractivity contribution in [2.45, 2.75) is 26.7 Å². The van der Waals surface area contributed by atoms with Gasteiger partial charge in [-0.15, -0.1) is 0 Å². The summed E-state index contributed by atoms with van der Waals surface area (Å²) >= 11 is 0. The van der Waals surface area contributed by atoms with Crippen molar-refractivity contribution >= 4 is 12.6 Å². The zero-order chi connectivity index (χ0) is 15.2. The molecule has 1 fully saturated rings. The van der Waals surface area contributed by atoms with Crippen LogP contribution in [0.3, 0.4) is 0 Å². The Balaban J connectivity index is 1.68. The highest BCUT2D eigenvalue weighted by molar-refractivity contribution is 6.58. The van der Waals surface area contributed by atoms with E-state index in [1.165, 1.54) is 25.9 Å². The van der Waals surface area contributed by atoms with E-state index in [1.807, 2.05) is 0 Å². The second-order valence-electron chi connectivity index (χ2n) is 6.21. The highest BCUT2D eigenvalue weighted by Gasteiger charge is 2.21. The molecule has 4 nitrogen and oxygen atoms in total. The maximum atomic E-state index is 9.03. The van der Waals surface area contributed by atoms with Crippen LogP contribution in [-0.4, -0.2) is 48.3 Å². The number of hydrogen-bond donors (Lipinski definition) is 2. The van der Waals surface area contributed by atoms with Gasteiger partial charge in [-0.3, -0.25) is 4.90 Å². The van der Waals surface area contributed by atoms with Crippen LogP contribution < -0.4 is 10.2 Å². The Bertz CT molecular complexity index is 414. The molecule has 1 aliphatic rings. The lowest BCUT2D eigenvalue weighted by Crippen LogP contribution is -2.37. The smallest absolute Gasteiger partial charge is 0.488 e. The van der Waals surface area contributed by atoms with E-state index in [0.29, 0.717) is 12.1 Å². The van der Waals surface area contributed by atoms with Gasteiger partial charge in [-0.1, -0.05) is 26.0 Å². The summed E-state index contributed by atoms with van der Waals surface area (Å²) in [5.41, 5.74) is 0.484. The fourth-order valence-electron chi connectivity index (χ4n) is 2.87. The summed E-state index contributed by atoms with van der Waals surface area (Å²) in [4.78, 5) is 2.46. The summed E-state index contributed by atoms with van der Waals surface area (Å²) < 4.78 is 5.71. The van der Waals surface area contributed by atoms with Crippen LogP contribution in [-0.2, 0) is 0 Å². The Labute approximate surface area is 127 Å². The Morgan fingerprint density at radius 2 is 1.81 bits per heavy atom. The van der Waals surface area contributed by atoms with E-state index >= 15 is 0 Å². The van der Waals surface area contributed by atoms with Crippen LogP contribution in [0.2, 0.25) is 0 Å². The van der Waals surface area contributed by atoms with Gasteiger partial charge in [0.1, 0.15) is 12.4 Å². The van der Waals surface area contributed by atoms with Crippen LogP contribution >= 0.6 is 0 Å². The van der Waals surface area contributed by atoms with Crippen molar-refractivity contribution in [3.05, 3.63) is 24.3 Å². The van der Waals surface area contributed by atoms with E-state index in [0.717, 1.165) is 24.1 Å². The van der Waals surface area contributed by atoms with Crippen molar-refractivity contribution in [2.24, 2.45) is 11.8 Å². The van der Waals surface area contributed by atoms with Gasteiger partial charge in [0, 0.05) is 6.54 Å². The first-order chi connectivity index (χ1) is 10.1. The van der Waals surface area contributed by atoms with Crippen molar-refractivity contribution in [2.75, 3.05) is 26.2 Å². The molecule has 1 heterocycles. The molecule has 1 aromatic rings. The van der Waals surface area contributed by atoms with Crippen LogP contribution in [0.5, 0.6) is 5.75 Å². The number of ether oxygens (including phenoxy) is 1. The molecule has 116 valence electrons. The molecule has 0 aliphatic carbocycles. The average Bonchev–Trinajstić information content (AvgIpc) is 2.48. The molecule has 5 heteroatoms. The monoisotopic (exact) mass is 291 g/mol. The molecule has 0 spiro atoms. The molecule has 0 aromatic heterocycles. The minimum Gasteiger partial charge on any atom is -0.492 e. The van der Waals surface area contributed by atoms with E-state index in [2.05, 4.69) is 18.7 Å². The first kappa shape index (κ1) is 16.3. The van der Waals surface area contributed by atoms with Gasteiger partial charge in [0.15, 0.2) is 0 Å². The van der Waals surface area contributed by atoms with Crippen molar-refractivity contribution in [3.8, 4) is 5.75 Å². The standard InChI is InChI=1S/C16H26BNO3/c1-13(2)14-7-9-18(10-8-14)11-12-21-16-5-3-15(4-6-16)17(19)20/h3-6,13-14,19-20H,7-12H2,1-2H3. The molecule has 2 N–H and O–H groups in total.